The summed E-state index contributed by atoms with van der Waals surface area (Å²) in [5.74, 6) is 2.00. The van der Waals surface area contributed by atoms with Gasteiger partial charge in [-0.25, -0.2) is 15.0 Å². The molecule has 0 saturated carbocycles. The molecule has 1 aromatic heterocycles. The second kappa shape index (κ2) is 16.6. The Bertz CT molecular complexity index is 3890. The van der Waals surface area contributed by atoms with Gasteiger partial charge in [-0.05, 0) is 126 Å². The highest BCUT2D eigenvalue weighted by molar-refractivity contribution is 5.97. The zero-order valence-electron chi connectivity index (χ0n) is 40.1. The molecule has 0 fully saturated rings. The van der Waals surface area contributed by atoms with E-state index in [0.29, 0.717) is 17.5 Å². The topological polar surface area (TPSA) is 41.9 Å². The van der Waals surface area contributed by atoms with Crippen LogP contribution in [-0.4, -0.2) is 15.0 Å². The van der Waals surface area contributed by atoms with Crippen molar-refractivity contribution >= 4 is 17.1 Å². The van der Waals surface area contributed by atoms with Gasteiger partial charge in [0.25, 0.3) is 0 Å². The first kappa shape index (κ1) is 41.9. The molecule has 72 heavy (non-hydrogen) atoms. The summed E-state index contributed by atoms with van der Waals surface area (Å²) >= 11 is 0. The van der Waals surface area contributed by atoms with Gasteiger partial charge in [0.15, 0.2) is 17.5 Å². The molecule has 14 rings (SSSR count). The molecule has 0 N–H and O–H groups in total. The first-order valence-electron chi connectivity index (χ1n) is 25.0. The van der Waals surface area contributed by atoms with Crippen LogP contribution >= 0.6 is 0 Å². The summed E-state index contributed by atoms with van der Waals surface area (Å²) in [4.78, 5) is 18.0. The van der Waals surface area contributed by atoms with Crippen molar-refractivity contribution in [3.8, 4) is 89.8 Å². The van der Waals surface area contributed by atoms with Crippen LogP contribution in [0, 0.1) is 0 Å². The zero-order chi connectivity index (χ0) is 47.9. The summed E-state index contributed by atoms with van der Waals surface area (Å²) in [6, 6.07) is 83.7. The normalized spacial score (nSPS) is 13.1. The predicted octanol–water partition coefficient (Wildman–Crippen LogP) is 17.1. The highest BCUT2D eigenvalue weighted by Gasteiger charge is 2.39. The van der Waals surface area contributed by atoms with E-state index >= 15 is 0 Å². The van der Waals surface area contributed by atoms with Gasteiger partial charge in [0.05, 0.1) is 11.4 Å². The Kier molecular flexibility index (Phi) is 9.65. The number of hydrogen-bond acceptors (Lipinski definition) is 4. The molecular weight excluding hydrogens is 873 g/mol. The van der Waals surface area contributed by atoms with Gasteiger partial charge >= 0.3 is 0 Å². The third-order valence-electron chi connectivity index (χ3n) is 15.4. The Morgan fingerprint density at radius 2 is 0.903 bits per heavy atom. The highest BCUT2D eigenvalue weighted by atomic mass is 15.1. The van der Waals surface area contributed by atoms with Gasteiger partial charge in [0.2, 0.25) is 0 Å². The molecule has 0 spiro atoms. The van der Waals surface area contributed by atoms with Crippen LogP contribution in [0.2, 0.25) is 0 Å². The summed E-state index contributed by atoms with van der Waals surface area (Å²) in [7, 11) is 0. The molecule has 0 unspecified atom stereocenters. The Morgan fingerprint density at radius 1 is 0.347 bits per heavy atom. The van der Waals surface area contributed by atoms with Crippen molar-refractivity contribution in [2.75, 3.05) is 4.90 Å². The van der Waals surface area contributed by atoms with Crippen LogP contribution in [0.5, 0.6) is 0 Å². The Morgan fingerprint density at radius 3 is 1.65 bits per heavy atom. The SMILES string of the molecule is CC1(C)c2ccccc2-c2cccc(N(c3cccc(-c4ccccc4)c3)c3cccc4c3Cc3c(-c5ccc6c(c5)-c5c(cccc5-c5nc(-c7ccccc7)nc(-c7ccccc7)n5)C6)cccc3-4)c21. The largest absolute Gasteiger partial charge is 0.310 e. The van der Waals surface area contributed by atoms with Crippen LogP contribution in [-0.2, 0) is 18.3 Å². The minimum atomic E-state index is -0.212. The average Bonchev–Trinajstić information content (AvgIpc) is 4.09. The second-order valence-electron chi connectivity index (χ2n) is 19.9. The monoisotopic (exact) mass is 920 g/mol. The van der Waals surface area contributed by atoms with Crippen LogP contribution in [0.25, 0.3) is 89.8 Å². The minimum absolute atomic E-state index is 0.212. The molecule has 10 aromatic carbocycles. The summed E-state index contributed by atoms with van der Waals surface area (Å²) in [5, 5.41) is 0. The number of aromatic nitrogens is 3. The van der Waals surface area contributed by atoms with Crippen LogP contribution in [0.4, 0.5) is 17.1 Å². The highest BCUT2D eigenvalue weighted by Crippen LogP contribution is 2.56. The minimum Gasteiger partial charge on any atom is -0.310 e. The van der Waals surface area contributed by atoms with E-state index in [-0.39, 0.29) is 5.41 Å². The quantitative estimate of drug-likeness (QED) is 0.152. The van der Waals surface area contributed by atoms with E-state index in [1.807, 2.05) is 36.4 Å². The summed E-state index contributed by atoms with van der Waals surface area (Å²) in [5.41, 5.74) is 26.8. The lowest BCUT2D eigenvalue weighted by molar-refractivity contribution is 0.661. The van der Waals surface area contributed by atoms with Crippen molar-refractivity contribution in [2.45, 2.75) is 32.1 Å². The van der Waals surface area contributed by atoms with Gasteiger partial charge in [0, 0.05) is 34.2 Å². The fraction of sp³-hybridized carbons (Fsp3) is 0.0735. The van der Waals surface area contributed by atoms with Crippen molar-refractivity contribution in [1.29, 1.82) is 0 Å². The van der Waals surface area contributed by atoms with Crippen molar-refractivity contribution < 1.29 is 0 Å². The number of rotatable bonds is 8. The maximum atomic E-state index is 5.20. The van der Waals surface area contributed by atoms with E-state index in [4.69, 9.17) is 15.0 Å². The first-order chi connectivity index (χ1) is 35.5. The third kappa shape index (κ3) is 6.71. The zero-order valence-corrected chi connectivity index (χ0v) is 40.1. The molecule has 0 saturated heterocycles. The number of benzene rings is 10. The molecule has 4 heteroatoms. The van der Waals surface area contributed by atoms with Crippen LogP contribution < -0.4 is 4.90 Å². The van der Waals surface area contributed by atoms with E-state index in [0.717, 1.165) is 35.2 Å². The van der Waals surface area contributed by atoms with Crippen molar-refractivity contribution in [2.24, 2.45) is 0 Å². The fourth-order valence-electron chi connectivity index (χ4n) is 12.1. The summed E-state index contributed by atoms with van der Waals surface area (Å²) in [6.45, 7) is 4.78. The maximum Gasteiger partial charge on any atom is 0.164 e. The standard InChI is InChI=1S/C68H48N4/c1-68(2)60-34-13-12-28-54(60)55-32-18-36-62(64(55)68)72(50-27-14-25-46(40-50)43-19-6-3-7-20-43)61-35-17-31-53-52-30-16-29-51(58(52)42-59(53)61)48-38-37-47-39-49-26-15-33-56(63(49)57(47)41-48)67-70-65(44-21-8-4-9-22-44)69-66(71-67)45-23-10-5-11-24-45/h3-38,40-41H,39,42H2,1-2H3. The van der Waals surface area contributed by atoms with Gasteiger partial charge in [-0.15, -0.1) is 0 Å². The molecule has 0 bridgehead atoms. The van der Waals surface area contributed by atoms with Crippen molar-refractivity contribution in [1.82, 2.24) is 15.0 Å². The van der Waals surface area contributed by atoms with E-state index in [1.54, 1.807) is 0 Å². The summed E-state index contributed by atoms with van der Waals surface area (Å²) < 4.78 is 0. The molecule has 3 aliphatic carbocycles. The van der Waals surface area contributed by atoms with Crippen LogP contribution in [0.1, 0.15) is 47.2 Å². The van der Waals surface area contributed by atoms with E-state index in [2.05, 4.69) is 213 Å². The van der Waals surface area contributed by atoms with Gasteiger partial charge in [-0.3, -0.25) is 0 Å². The lowest BCUT2D eigenvalue weighted by atomic mass is 9.81. The smallest absolute Gasteiger partial charge is 0.164 e. The molecule has 340 valence electrons. The third-order valence-corrected chi connectivity index (χ3v) is 15.4. The van der Waals surface area contributed by atoms with Crippen molar-refractivity contribution in [3.05, 3.63) is 264 Å². The predicted molar refractivity (Wildman–Crippen MR) is 296 cm³/mol. The molecule has 11 aromatic rings. The van der Waals surface area contributed by atoms with Crippen molar-refractivity contribution in [3.63, 3.8) is 0 Å². The molecule has 3 aliphatic rings. The molecule has 0 atom stereocenters. The molecular formula is C68H48N4. The fourth-order valence-corrected chi connectivity index (χ4v) is 12.1. The van der Waals surface area contributed by atoms with Gasteiger partial charge in [-0.1, -0.05) is 214 Å². The maximum absolute atomic E-state index is 5.20. The molecule has 0 amide bonds. The molecule has 1 heterocycles. The van der Waals surface area contributed by atoms with Crippen LogP contribution in [0.3, 0.4) is 0 Å². The number of fused-ring (bicyclic) bond motifs is 9. The Labute approximate surface area is 420 Å². The van der Waals surface area contributed by atoms with Gasteiger partial charge in [-0.2, -0.15) is 0 Å². The Balaban J connectivity index is 0.895. The second-order valence-corrected chi connectivity index (χ2v) is 19.9. The van der Waals surface area contributed by atoms with Gasteiger partial charge in [0.1, 0.15) is 0 Å². The lowest BCUT2D eigenvalue weighted by Crippen LogP contribution is -2.21. The molecule has 0 radical (unpaired) electrons. The molecule has 4 nitrogen and oxygen atoms in total. The van der Waals surface area contributed by atoms with E-state index in [9.17, 15) is 0 Å². The first-order valence-corrected chi connectivity index (χ1v) is 25.0. The number of nitrogens with zero attached hydrogens (tertiary/aromatic N) is 4. The number of hydrogen-bond donors (Lipinski definition) is 0. The average molecular weight is 921 g/mol. The van der Waals surface area contributed by atoms with Crippen LogP contribution in [0.15, 0.2) is 231 Å². The van der Waals surface area contributed by atoms with E-state index < -0.39 is 0 Å². The lowest BCUT2D eigenvalue weighted by Gasteiger charge is -2.33. The summed E-state index contributed by atoms with van der Waals surface area (Å²) in [6.07, 6.45) is 1.66. The Hall–Kier alpha value is -8.99. The number of anilines is 3. The van der Waals surface area contributed by atoms with Gasteiger partial charge < -0.3 is 4.90 Å². The van der Waals surface area contributed by atoms with E-state index in [1.165, 1.54) is 100 Å². The molecule has 0 aliphatic heterocycles.